The monoisotopic (exact) mass is 389 g/mol. The minimum Gasteiger partial charge on any atom is -0.497 e. The summed E-state index contributed by atoms with van der Waals surface area (Å²) in [6.45, 7) is 0.420. The van der Waals surface area contributed by atoms with Crippen LogP contribution in [0.3, 0.4) is 0 Å². The average Bonchev–Trinajstić information content (AvgIpc) is 3.13. The lowest BCUT2D eigenvalue weighted by atomic mass is 10.2. The molecule has 0 spiro atoms. The van der Waals surface area contributed by atoms with Crippen molar-refractivity contribution in [3.63, 3.8) is 0 Å². The van der Waals surface area contributed by atoms with Gasteiger partial charge in [0.2, 0.25) is 11.1 Å². The number of hydrogen-bond donors (Lipinski definition) is 1. The first-order valence-electron chi connectivity index (χ1n) is 7.72. The zero-order valence-electron chi connectivity index (χ0n) is 13.9. The number of carbonyl (C=O) groups is 1. The van der Waals surface area contributed by atoms with Crippen LogP contribution in [0, 0.1) is 0 Å². The van der Waals surface area contributed by atoms with Gasteiger partial charge in [-0.25, -0.2) is 0 Å². The molecule has 0 fully saturated rings. The number of thioether (sulfide) groups is 1. The van der Waals surface area contributed by atoms with E-state index in [9.17, 15) is 4.79 Å². The Kier molecular flexibility index (Phi) is 6.08. The number of amides is 1. The van der Waals surface area contributed by atoms with Gasteiger partial charge >= 0.3 is 0 Å². The number of nitrogens with zero attached hydrogens (tertiary/aromatic N) is 4. The highest BCUT2D eigenvalue weighted by Gasteiger charge is 2.11. The number of hydrogen-bond acceptors (Lipinski definition) is 6. The van der Waals surface area contributed by atoms with Crippen LogP contribution >= 0.6 is 23.4 Å². The first kappa shape index (κ1) is 18.2. The molecule has 134 valence electrons. The number of nitrogens with one attached hydrogen (secondary N) is 1. The van der Waals surface area contributed by atoms with Crippen LogP contribution in [-0.4, -0.2) is 39.0 Å². The zero-order valence-corrected chi connectivity index (χ0v) is 15.5. The number of carbonyl (C=O) groups excluding carboxylic acids is 1. The minimum atomic E-state index is -0.112. The van der Waals surface area contributed by atoms with E-state index in [1.54, 1.807) is 17.9 Å². The van der Waals surface area contributed by atoms with E-state index in [-0.39, 0.29) is 11.7 Å². The first-order chi connectivity index (χ1) is 12.7. The number of methoxy groups -OCH3 is 1. The molecule has 3 rings (SSSR count). The van der Waals surface area contributed by atoms with E-state index in [4.69, 9.17) is 16.3 Å². The summed E-state index contributed by atoms with van der Waals surface area (Å²) in [4.78, 5) is 12.1. The number of halogens is 1. The fourth-order valence-corrected chi connectivity index (χ4v) is 3.12. The molecule has 0 radical (unpaired) electrons. The summed E-state index contributed by atoms with van der Waals surface area (Å²) in [6.07, 6.45) is 0. The number of ether oxygens (including phenoxy) is 1. The summed E-state index contributed by atoms with van der Waals surface area (Å²) in [5.41, 5.74) is 1.73. The number of rotatable bonds is 7. The topological polar surface area (TPSA) is 81.9 Å². The van der Waals surface area contributed by atoms with Gasteiger partial charge in [-0.15, -0.1) is 5.10 Å². The van der Waals surface area contributed by atoms with Crippen LogP contribution < -0.4 is 10.1 Å². The fourth-order valence-electron chi connectivity index (χ4n) is 2.18. The molecule has 0 atom stereocenters. The Hall–Kier alpha value is -2.58. The molecule has 0 saturated carbocycles. The predicted octanol–water partition coefficient (Wildman–Crippen LogP) is 2.73. The molecule has 9 heteroatoms. The van der Waals surface area contributed by atoms with Gasteiger partial charge in [-0.1, -0.05) is 35.5 Å². The molecule has 0 aliphatic rings. The van der Waals surface area contributed by atoms with Crippen molar-refractivity contribution in [3.8, 4) is 11.4 Å². The summed E-state index contributed by atoms with van der Waals surface area (Å²) < 4.78 is 6.72. The molecule has 1 amide bonds. The molecule has 3 aromatic rings. The van der Waals surface area contributed by atoms with Crippen LogP contribution in [0.4, 0.5) is 0 Å². The molecule has 0 saturated heterocycles. The second-order valence-electron chi connectivity index (χ2n) is 5.27. The van der Waals surface area contributed by atoms with Crippen LogP contribution in [0.15, 0.2) is 53.7 Å². The largest absolute Gasteiger partial charge is 0.497 e. The second-order valence-corrected chi connectivity index (χ2v) is 6.65. The van der Waals surface area contributed by atoms with Crippen LogP contribution in [0.1, 0.15) is 5.56 Å². The Bertz CT molecular complexity index is 885. The Morgan fingerprint density at radius 3 is 2.81 bits per heavy atom. The predicted molar refractivity (Wildman–Crippen MR) is 99.7 cm³/mol. The van der Waals surface area contributed by atoms with E-state index >= 15 is 0 Å². The molecule has 7 nitrogen and oxygen atoms in total. The molecule has 0 aliphatic heterocycles. The third-order valence-electron chi connectivity index (χ3n) is 3.47. The van der Waals surface area contributed by atoms with Gasteiger partial charge in [0.25, 0.3) is 0 Å². The minimum absolute atomic E-state index is 0.112. The Labute approximate surface area is 159 Å². The summed E-state index contributed by atoms with van der Waals surface area (Å²) >= 11 is 7.20. The number of benzene rings is 2. The van der Waals surface area contributed by atoms with Gasteiger partial charge in [0.15, 0.2) is 0 Å². The van der Waals surface area contributed by atoms with E-state index < -0.39 is 0 Å². The van der Waals surface area contributed by atoms with E-state index in [0.29, 0.717) is 16.7 Å². The van der Waals surface area contributed by atoms with Gasteiger partial charge in [0.1, 0.15) is 5.75 Å². The van der Waals surface area contributed by atoms with Crippen molar-refractivity contribution >= 4 is 29.3 Å². The van der Waals surface area contributed by atoms with Gasteiger partial charge in [0.05, 0.1) is 18.6 Å². The van der Waals surface area contributed by atoms with Crippen molar-refractivity contribution < 1.29 is 9.53 Å². The Balaban J connectivity index is 1.56. The van der Waals surface area contributed by atoms with Gasteiger partial charge in [-0.3, -0.25) is 4.79 Å². The van der Waals surface area contributed by atoms with Crippen molar-refractivity contribution in [2.45, 2.75) is 11.7 Å². The maximum atomic E-state index is 12.1. The van der Waals surface area contributed by atoms with Crippen molar-refractivity contribution in [2.75, 3.05) is 12.9 Å². The molecule has 1 N–H and O–H groups in total. The third kappa shape index (κ3) is 4.74. The van der Waals surface area contributed by atoms with Gasteiger partial charge in [-0.05, 0) is 52.4 Å². The molecule has 0 aliphatic carbocycles. The SMILES string of the molecule is COc1ccc(-n2nnnc2SCC(=O)NCc2cccc(Cl)c2)cc1. The van der Waals surface area contributed by atoms with Crippen molar-refractivity contribution in [1.82, 2.24) is 25.5 Å². The normalized spacial score (nSPS) is 10.5. The van der Waals surface area contributed by atoms with Gasteiger partial charge < -0.3 is 10.1 Å². The summed E-state index contributed by atoms with van der Waals surface area (Å²) in [7, 11) is 1.61. The molecule has 0 bridgehead atoms. The molecule has 1 aromatic heterocycles. The van der Waals surface area contributed by atoms with Crippen LogP contribution in [0.25, 0.3) is 5.69 Å². The van der Waals surface area contributed by atoms with E-state index in [1.165, 1.54) is 11.8 Å². The highest BCUT2D eigenvalue weighted by Crippen LogP contribution is 2.20. The third-order valence-corrected chi connectivity index (χ3v) is 4.62. The maximum absolute atomic E-state index is 12.1. The van der Waals surface area contributed by atoms with E-state index in [1.807, 2.05) is 42.5 Å². The molecule has 0 unspecified atom stereocenters. The molecule has 2 aromatic carbocycles. The maximum Gasteiger partial charge on any atom is 0.230 e. The van der Waals surface area contributed by atoms with E-state index in [2.05, 4.69) is 20.8 Å². The summed E-state index contributed by atoms with van der Waals surface area (Å²) in [5, 5.41) is 15.7. The zero-order chi connectivity index (χ0) is 18.4. The lowest BCUT2D eigenvalue weighted by molar-refractivity contribution is -0.118. The van der Waals surface area contributed by atoms with Crippen LogP contribution in [-0.2, 0) is 11.3 Å². The van der Waals surface area contributed by atoms with Crippen molar-refractivity contribution in [2.24, 2.45) is 0 Å². The number of aromatic nitrogens is 4. The standard InChI is InChI=1S/C17H16ClN5O2S/c1-25-15-7-5-14(6-8-15)23-17(20-21-22-23)26-11-16(24)19-10-12-3-2-4-13(18)9-12/h2-9H,10-11H2,1H3,(H,19,24). The Morgan fingerprint density at radius 2 is 2.08 bits per heavy atom. The molecular formula is C17H16ClN5O2S. The summed E-state index contributed by atoms with van der Waals surface area (Å²) in [6, 6.07) is 14.7. The van der Waals surface area contributed by atoms with Crippen LogP contribution in [0.2, 0.25) is 5.02 Å². The highest BCUT2D eigenvalue weighted by molar-refractivity contribution is 7.99. The van der Waals surface area contributed by atoms with Crippen molar-refractivity contribution in [1.29, 1.82) is 0 Å². The quantitative estimate of drug-likeness (QED) is 0.626. The fraction of sp³-hybridized carbons (Fsp3) is 0.176. The van der Waals surface area contributed by atoms with Gasteiger partial charge in [0, 0.05) is 11.6 Å². The van der Waals surface area contributed by atoms with E-state index in [0.717, 1.165) is 17.0 Å². The lowest BCUT2D eigenvalue weighted by Crippen LogP contribution is -2.24. The van der Waals surface area contributed by atoms with Crippen LogP contribution in [0.5, 0.6) is 5.75 Å². The second kappa shape index (κ2) is 8.68. The summed E-state index contributed by atoms with van der Waals surface area (Å²) in [5.74, 6) is 0.840. The molecule has 26 heavy (non-hydrogen) atoms. The smallest absolute Gasteiger partial charge is 0.230 e. The first-order valence-corrected chi connectivity index (χ1v) is 9.09. The Morgan fingerprint density at radius 1 is 1.27 bits per heavy atom. The van der Waals surface area contributed by atoms with Gasteiger partial charge in [-0.2, -0.15) is 4.68 Å². The lowest BCUT2D eigenvalue weighted by Gasteiger charge is -2.07. The molecular weight excluding hydrogens is 374 g/mol. The molecule has 1 heterocycles. The van der Waals surface area contributed by atoms with Crippen molar-refractivity contribution in [3.05, 3.63) is 59.1 Å². The number of tetrazole rings is 1. The average molecular weight is 390 g/mol. The highest BCUT2D eigenvalue weighted by atomic mass is 35.5.